The monoisotopic (exact) mass is 252 g/mol. The van der Waals surface area contributed by atoms with Crippen molar-refractivity contribution in [1.29, 1.82) is 0 Å². The smallest absolute Gasteiger partial charge is 0.224 e. The van der Waals surface area contributed by atoms with Crippen LogP contribution in [0.1, 0.15) is 17.9 Å². The number of furan rings is 1. The van der Waals surface area contributed by atoms with Gasteiger partial charge in [-0.15, -0.1) is 0 Å². The molecule has 0 bridgehead atoms. The molecule has 1 N–H and O–H groups in total. The van der Waals surface area contributed by atoms with E-state index in [1.165, 1.54) is 0 Å². The molecule has 1 saturated heterocycles. The van der Waals surface area contributed by atoms with Crippen molar-refractivity contribution in [1.82, 2.24) is 10.2 Å². The third kappa shape index (κ3) is 3.85. The number of nitrogens with zero attached hydrogens (tertiary/aromatic N) is 1. The van der Waals surface area contributed by atoms with Gasteiger partial charge >= 0.3 is 0 Å². The topological polar surface area (TPSA) is 54.7 Å². The quantitative estimate of drug-likeness (QED) is 0.792. The van der Waals surface area contributed by atoms with Gasteiger partial charge in [0.1, 0.15) is 11.5 Å². The fourth-order valence-electron chi connectivity index (χ4n) is 1.96. The highest BCUT2D eigenvalue weighted by atomic mass is 16.5. The van der Waals surface area contributed by atoms with Crippen LogP contribution < -0.4 is 5.32 Å². The maximum atomic E-state index is 11.8. The summed E-state index contributed by atoms with van der Waals surface area (Å²) in [6, 6.07) is 3.89. The summed E-state index contributed by atoms with van der Waals surface area (Å²) in [5.74, 6) is 2.02. The predicted molar refractivity (Wildman–Crippen MR) is 67.2 cm³/mol. The predicted octanol–water partition coefficient (Wildman–Crippen LogP) is 0.927. The number of morpholine rings is 1. The third-order valence-corrected chi connectivity index (χ3v) is 2.97. The zero-order chi connectivity index (χ0) is 12.8. The summed E-state index contributed by atoms with van der Waals surface area (Å²) in [5, 5.41) is 3.21. The van der Waals surface area contributed by atoms with Crippen molar-refractivity contribution in [2.24, 2.45) is 0 Å². The maximum absolute atomic E-state index is 11.8. The fraction of sp³-hybridized carbons (Fsp3) is 0.615. The summed E-state index contributed by atoms with van der Waals surface area (Å²) in [6.45, 7) is 6.02. The summed E-state index contributed by atoms with van der Waals surface area (Å²) < 4.78 is 10.6. The summed E-state index contributed by atoms with van der Waals surface area (Å²) in [5.41, 5.74) is 0. The van der Waals surface area contributed by atoms with E-state index in [4.69, 9.17) is 9.15 Å². The molecule has 1 aliphatic heterocycles. The average molecular weight is 252 g/mol. The minimum absolute atomic E-state index is 0.196. The zero-order valence-corrected chi connectivity index (χ0v) is 10.8. The lowest BCUT2D eigenvalue weighted by atomic mass is 10.3. The van der Waals surface area contributed by atoms with Crippen LogP contribution in [0, 0.1) is 6.92 Å². The fourth-order valence-corrected chi connectivity index (χ4v) is 1.96. The van der Waals surface area contributed by atoms with Gasteiger partial charge in [-0.2, -0.15) is 0 Å². The lowest BCUT2D eigenvalue weighted by molar-refractivity contribution is -0.135. The Hall–Kier alpha value is -1.33. The molecule has 0 aromatic carbocycles. The molecular formula is C13H20N2O3. The molecule has 1 amide bonds. The first-order valence-electron chi connectivity index (χ1n) is 6.37. The minimum Gasteiger partial charge on any atom is -0.465 e. The summed E-state index contributed by atoms with van der Waals surface area (Å²) in [7, 11) is 0. The van der Waals surface area contributed by atoms with E-state index in [2.05, 4.69) is 5.32 Å². The van der Waals surface area contributed by atoms with E-state index < -0.39 is 0 Å². The molecule has 0 unspecified atom stereocenters. The van der Waals surface area contributed by atoms with Crippen molar-refractivity contribution < 1.29 is 13.9 Å². The van der Waals surface area contributed by atoms with E-state index in [1.54, 1.807) is 0 Å². The van der Waals surface area contributed by atoms with E-state index in [1.807, 2.05) is 24.0 Å². The number of rotatable bonds is 5. The van der Waals surface area contributed by atoms with Crippen molar-refractivity contribution >= 4 is 5.91 Å². The second kappa shape index (κ2) is 6.56. The molecule has 1 aliphatic rings. The van der Waals surface area contributed by atoms with Crippen LogP contribution in [-0.4, -0.2) is 43.7 Å². The third-order valence-electron chi connectivity index (χ3n) is 2.97. The molecule has 0 aliphatic carbocycles. The highest BCUT2D eigenvalue weighted by Crippen LogP contribution is 2.05. The first-order chi connectivity index (χ1) is 8.75. The van der Waals surface area contributed by atoms with Crippen LogP contribution in [0.2, 0.25) is 0 Å². The summed E-state index contributed by atoms with van der Waals surface area (Å²) in [4.78, 5) is 13.7. The molecule has 2 rings (SSSR count). The molecule has 18 heavy (non-hydrogen) atoms. The molecular weight excluding hydrogens is 232 g/mol. The standard InChI is InChI=1S/C13H20N2O3/c1-11-2-3-12(18-11)10-14-5-4-13(16)15-6-8-17-9-7-15/h2-3,14H,4-10H2,1H3. The molecule has 0 atom stereocenters. The Kier molecular flexibility index (Phi) is 4.78. The molecule has 5 heteroatoms. The number of hydrogen-bond acceptors (Lipinski definition) is 4. The van der Waals surface area contributed by atoms with Crippen molar-refractivity contribution in [3.8, 4) is 0 Å². The van der Waals surface area contributed by atoms with Crippen LogP contribution in [0.3, 0.4) is 0 Å². The molecule has 100 valence electrons. The molecule has 1 aromatic heterocycles. The molecule has 2 heterocycles. The van der Waals surface area contributed by atoms with E-state index in [9.17, 15) is 4.79 Å². The number of ether oxygens (including phenoxy) is 1. The van der Waals surface area contributed by atoms with Crippen LogP contribution in [-0.2, 0) is 16.1 Å². The Morgan fingerprint density at radius 2 is 2.17 bits per heavy atom. The van der Waals surface area contributed by atoms with Gasteiger partial charge in [-0.25, -0.2) is 0 Å². The SMILES string of the molecule is Cc1ccc(CNCCC(=O)N2CCOCC2)o1. The van der Waals surface area contributed by atoms with Crippen LogP contribution in [0.5, 0.6) is 0 Å². The number of hydrogen-bond donors (Lipinski definition) is 1. The Labute approximate surface area is 107 Å². The number of amides is 1. The Bertz CT molecular complexity index is 383. The van der Waals surface area contributed by atoms with Gasteiger partial charge in [-0.05, 0) is 19.1 Å². The Balaban J connectivity index is 1.61. The molecule has 0 radical (unpaired) electrons. The second-order valence-corrected chi connectivity index (χ2v) is 4.43. The lowest BCUT2D eigenvalue weighted by Crippen LogP contribution is -2.41. The second-order valence-electron chi connectivity index (χ2n) is 4.43. The van der Waals surface area contributed by atoms with Crippen molar-refractivity contribution in [3.05, 3.63) is 23.7 Å². The van der Waals surface area contributed by atoms with Crippen molar-refractivity contribution in [2.45, 2.75) is 19.9 Å². The molecule has 1 fully saturated rings. The van der Waals surface area contributed by atoms with E-state index in [-0.39, 0.29) is 5.91 Å². The maximum Gasteiger partial charge on any atom is 0.224 e. The number of carbonyl (C=O) groups is 1. The average Bonchev–Trinajstić information content (AvgIpc) is 2.81. The molecule has 5 nitrogen and oxygen atoms in total. The Morgan fingerprint density at radius 1 is 1.39 bits per heavy atom. The largest absolute Gasteiger partial charge is 0.465 e. The Morgan fingerprint density at radius 3 is 2.83 bits per heavy atom. The first-order valence-corrected chi connectivity index (χ1v) is 6.37. The number of nitrogens with one attached hydrogen (secondary N) is 1. The van der Waals surface area contributed by atoms with Crippen LogP contribution in [0.25, 0.3) is 0 Å². The van der Waals surface area contributed by atoms with E-state index >= 15 is 0 Å². The highest BCUT2D eigenvalue weighted by molar-refractivity contribution is 5.76. The van der Waals surface area contributed by atoms with Gasteiger partial charge < -0.3 is 19.4 Å². The van der Waals surface area contributed by atoms with Crippen LogP contribution >= 0.6 is 0 Å². The van der Waals surface area contributed by atoms with Gasteiger partial charge in [-0.3, -0.25) is 4.79 Å². The highest BCUT2D eigenvalue weighted by Gasteiger charge is 2.15. The number of aryl methyl sites for hydroxylation is 1. The van der Waals surface area contributed by atoms with Crippen molar-refractivity contribution in [2.75, 3.05) is 32.8 Å². The molecule has 0 spiro atoms. The van der Waals surface area contributed by atoms with Gasteiger partial charge in [0.25, 0.3) is 0 Å². The summed E-state index contributed by atoms with van der Waals surface area (Å²) >= 11 is 0. The summed E-state index contributed by atoms with van der Waals surface area (Å²) in [6.07, 6.45) is 0.527. The zero-order valence-electron chi connectivity index (χ0n) is 10.8. The van der Waals surface area contributed by atoms with E-state index in [0.717, 1.165) is 24.6 Å². The van der Waals surface area contributed by atoms with Gasteiger partial charge in [0.05, 0.1) is 19.8 Å². The van der Waals surface area contributed by atoms with Gasteiger partial charge in [-0.1, -0.05) is 0 Å². The minimum atomic E-state index is 0.196. The van der Waals surface area contributed by atoms with Gasteiger partial charge in [0.15, 0.2) is 0 Å². The lowest BCUT2D eigenvalue weighted by Gasteiger charge is -2.26. The first kappa shape index (κ1) is 13.1. The number of carbonyl (C=O) groups excluding carboxylic acids is 1. The normalized spacial score (nSPS) is 15.9. The van der Waals surface area contributed by atoms with Gasteiger partial charge in [0, 0.05) is 26.1 Å². The van der Waals surface area contributed by atoms with Crippen LogP contribution in [0.15, 0.2) is 16.5 Å². The van der Waals surface area contributed by atoms with Gasteiger partial charge in [0.2, 0.25) is 5.91 Å². The molecule has 0 saturated carbocycles. The van der Waals surface area contributed by atoms with E-state index in [0.29, 0.717) is 32.7 Å². The van der Waals surface area contributed by atoms with Crippen molar-refractivity contribution in [3.63, 3.8) is 0 Å². The van der Waals surface area contributed by atoms with Crippen LogP contribution in [0.4, 0.5) is 0 Å². The molecule has 1 aromatic rings.